The van der Waals surface area contributed by atoms with Crippen LogP contribution in [0.3, 0.4) is 0 Å². The number of carbonyl (C=O) groups is 1. The Hall–Kier alpha value is -1.57. The molecule has 0 N–H and O–H groups in total. The van der Waals surface area contributed by atoms with Gasteiger partial charge in [-0.05, 0) is 31.6 Å². The third-order valence-electron chi connectivity index (χ3n) is 2.36. The highest BCUT2D eigenvalue weighted by molar-refractivity contribution is 5.82. The molecule has 2 heteroatoms. The van der Waals surface area contributed by atoms with Gasteiger partial charge in [-0.15, -0.1) is 0 Å². The molecule has 0 bridgehead atoms. The SMILES string of the molecule is CC.CC1=CCC(=O)Oc2ccc(C)cc21. The standard InChI is InChI=1S/C12H12O2.C2H6/c1-8-3-5-11-10(7-8)9(2)4-6-12(13)14-11;1-2/h3-5,7H,6H2,1-2H3;1-2H3. The van der Waals surface area contributed by atoms with Crippen molar-refractivity contribution in [3.05, 3.63) is 35.4 Å². The number of esters is 1. The molecule has 0 fully saturated rings. The lowest BCUT2D eigenvalue weighted by molar-refractivity contribution is -0.133. The van der Waals surface area contributed by atoms with Crippen molar-refractivity contribution < 1.29 is 9.53 Å². The van der Waals surface area contributed by atoms with Crippen molar-refractivity contribution in [2.24, 2.45) is 0 Å². The molecule has 1 aliphatic rings. The summed E-state index contributed by atoms with van der Waals surface area (Å²) < 4.78 is 5.19. The van der Waals surface area contributed by atoms with Gasteiger partial charge in [0, 0.05) is 5.56 Å². The molecule has 1 aromatic carbocycles. The van der Waals surface area contributed by atoms with Crippen molar-refractivity contribution in [2.75, 3.05) is 0 Å². The fourth-order valence-corrected chi connectivity index (χ4v) is 1.55. The van der Waals surface area contributed by atoms with E-state index >= 15 is 0 Å². The first-order valence-corrected chi connectivity index (χ1v) is 5.65. The van der Waals surface area contributed by atoms with Gasteiger partial charge in [-0.25, -0.2) is 0 Å². The number of benzene rings is 1. The van der Waals surface area contributed by atoms with Gasteiger partial charge in [-0.3, -0.25) is 4.79 Å². The van der Waals surface area contributed by atoms with E-state index in [2.05, 4.69) is 0 Å². The molecule has 0 radical (unpaired) electrons. The predicted octanol–water partition coefficient (Wildman–Crippen LogP) is 3.73. The molecule has 16 heavy (non-hydrogen) atoms. The summed E-state index contributed by atoms with van der Waals surface area (Å²) in [5.41, 5.74) is 3.31. The Bertz CT molecular complexity index is 417. The molecule has 86 valence electrons. The van der Waals surface area contributed by atoms with Gasteiger partial charge in [0.05, 0.1) is 6.42 Å². The highest BCUT2D eigenvalue weighted by atomic mass is 16.5. The number of hydrogen-bond acceptors (Lipinski definition) is 2. The Labute approximate surface area is 96.9 Å². The number of fused-ring (bicyclic) bond motifs is 1. The predicted molar refractivity (Wildman–Crippen MR) is 66.4 cm³/mol. The average molecular weight is 218 g/mol. The minimum atomic E-state index is -0.188. The van der Waals surface area contributed by atoms with Crippen molar-refractivity contribution in [2.45, 2.75) is 34.1 Å². The van der Waals surface area contributed by atoms with Gasteiger partial charge in [-0.2, -0.15) is 0 Å². The van der Waals surface area contributed by atoms with Crippen LogP contribution in [-0.4, -0.2) is 5.97 Å². The zero-order valence-electron chi connectivity index (χ0n) is 10.3. The fourth-order valence-electron chi connectivity index (χ4n) is 1.55. The molecule has 0 unspecified atom stereocenters. The van der Waals surface area contributed by atoms with Gasteiger partial charge in [0.25, 0.3) is 0 Å². The summed E-state index contributed by atoms with van der Waals surface area (Å²) in [5.74, 6) is 0.485. The zero-order chi connectivity index (χ0) is 12.1. The van der Waals surface area contributed by atoms with Crippen LogP contribution in [0.25, 0.3) is 5.57 Å². The second-order valence-electron chi connectivity index (χ2n) is 3.56. The number of rotatable bonds is 0. The topological polar surface area (TPSA) is 26.3 Å². The summed E-state index contributed by atoms with van der Waals surface area (Å²) in [6.45, 7) is 8.03. The van der Waals surface area contributed by atoms with Crippen molar-refractivity contribution in [3.63, 3.8) is 0 Å². The molecule has 1 aromatic rings. The van der Waals surface area contributed by atoms with Gasteiger partial charge in [0.2, 0.25) is 0 Å². The first-order valence-electron chi connectivity index (χ1n) is 5.65. The van der Waals surface area contributed by atoms with Gasteiger partial charge in [0.15, 0.2) is 0 Å². The van der Waals surface area contributed by atoms with Crippen LogP contribution < -0.4 is 4.74 Å². The summed E-state index contributed by atoms with van der Waals surface area (Å²) in [7, 11) is 0. The third-order valence-corrected chi connectivity index (χ3v) is 2.36. The largest absolute Gasteiger partial charge is 0.426 e. The van der Waals surface area contributed by atoms with Crippen LogP contribution >= 0.6 is 0 Å². The summed E-state index contributed by atoms with van der Waals surface area (Å²) in [4.78, 5) is 11.2. The molecule has 2 rings (SSSR count). The Balaban J connectivity index is 0.000000606. The molecule has 0 saturated heterocycles. The lowest BCUT2D eigenvalue weighted by Gasteiger charge is -2.07. The molecule has 0 aromatic heterocycles. The molecule has 0 spiro atoms. The second kappa shape index (κ2) is 5.50. The first kappa shape index (κ1) is 12.5. The number of aryl methyl sites for hydroxylation is 1. The van der Waals surface area contributed by atoms with Crippen molar-refractivity contribution in [1.82, 2.24) is 0 Å². The lowest BCUT2D eigenvalue weighted by Crippen LogP contribution is -2.05. The summed E-state index contributed by atoms with van der Waals surface area (Å²) in [6, 6.07) is 5.84. The van der Waals surface area contributed by atoms with Crippen molar-refractivity contribution in [3.8, 4) is 5.75 Å². The molecule has 2 nitrogen and oxygen atoms in total. The molecule has 0 saturated carbocycles. The first-order chi connectivity index (χ1) is 7.66. The van der Waals surface area contributed by atoms with Crippen LogP contribution in [0.15, 0.2) is 24.3 Å². The van der Waals surface area contributed by atoms with E-state index in [0.717, 1.165) is 11.1 Å². The highest BCUT2D eigenvalue weighted by Gasteiger charge is 2.14. The monoisotopic (exact) mass is 218 g/mol. The molecule has 1 aliphatic heterocycles. The lowest BCUT2D eigenvalue weighted by atomic mass is 10.0. The van der Waals surface area contributed by atoms with E-state index in [4.69, 9.17) is 4.74 Å². The molecule has 1 heterocycles. The average Bonchev–Trinajstić information content (AvgIpc) is 2.43. The van der Waals surface area contributed by atoms with E-state index in [1.807, 2.05) is 52.0 Å². The van der Waals surface area contributed by atoms with E-state index in [0.29, 0.717) is 12.2 Å². The minimum absolute atomic E-state index is 0.188. The van der Waals surface area contributed by atoms with Gasteiger partial charge in [0.1, 0.15) is 5.75 Å². The van der Waals surface area contributed by atoms with Crippen LogP contribution in [0.4, 0.5) is 0 Å². The van der Waals surface area contributed by atoms with Gasteiger partial charge >= 0.3 is 5.97 Å². The summed E-state index contributed by atoms with van der Waals surface area (Å²) in [5, 5.41) is 0. The van der Waals surface area contributed by atoms with Crippen LogP contribution in [0.1, 0.15) is 38.3 Å². The highest BCUT2D eigenvalue weighted by Crippen LogP contribution is 2.29. The number of allylic oxidation sites excluding steroid dienone is 1. The maximum Gasteiger partial charge on any atom is 0.315 e. The number of ether oxygens (including phenoxy) is 1. The second-order valence-corrected chi connectivity index (χ2v) is 3.56. The molecular weight excluding hydrogens is 200 g/mol. The van der Waals surface area contributed by atoms with Crippen LogP contribution in [0, 0.1) is 6.92 Å². The molecule has 0 amide bonds. The molecule has 0 atom stereocenters. The Morgan fingerprint density at radius 2 is 1.88 bits per heavy atom. The quantitative estimate of drug-likeness (QED) is 0.490. The summed E-state index contributed by atoms with van der Waals surface area (Å²) in [6.07, 6.45) is 2.27. The third kappa shape index (κ3) is 2.72. The number of hydrogen-bond donors (Lipinski definition) is 0. The Morgan fingerprint density at radius 1 is 1.19 bits per heavy atom. The van der Waals surface area contributed by atoms with E-state index in [9.17, 15) is 4.79 Å². The van der Waals surface area contributed by atoms with E-state index < -0.39 is 0 Å². The maximum atomic E-state index is 11.2. The normalized spacial score (nSPS) is 13.8. The van der Waals surface area contributed by atoms with E-state index in [-0.39, 0.29) is 5.97 Å². The zero-order valence-corrected chi connectivity index (χ0v) is 10.3. The van der Waals surface area contributed by atoms with Crippen LogP contribution in [0.2, 0.25) is 0 Å². The van der Waals surface area contributed by atoms with Crippen LogP contribution in [-0.2, 0) is 4.79 Å². The van der Waals surface area contributed by atoms with E-state index in [1.54, 1.807) is 0 Å². The number of carbonyl (C=O) groups excluding carboxylic acids is 1. The minimum Gasteiger partial charge on any atom is -0.426 e. The van der Waals surface area contributed by atoms with Gasteiger partial charge in [-0.1, -0.05) is 31.6 Å². The van der Waals surface area contributed by atoms with Crippen molar-refractivity contribution >= 4 is 11.5 Å². The Kier molecular flexibility index (Phi) is 4.29. The summed E-state index contributed by atoms with van der Waals surface area (Å²) >= 11 is 0. The Morgan fingerprint density at radius 3 is 2.56 bits per heavy atom. The molecular formula is C14H18O2. The fraction of sp³-hybridized carbons (Fsp3) is 0.357. The van der Waals surface area contributed by atoms with Crippen LogP contribution in [0.5, 0.6) is 5.75 Å². The maximum absolute atomic E-state index is 11.2. The molecule has 0 aliphatic carbocycles. The van der Waals surface area contributed by atoms with Gasteiger partial charge < -0.3 is 4.74 Å². The van der Waals surface area contributed by atoms with Crippen molar-refractivity contribution in [1.29, 1.82) is 0 Å². The smallest absolute Gasteiger partial charge is 0.315 e. The van der Waals surface area contributed by atoms with E-state index in [1.165, 1.54) is 5.56 Å².